The van der Waals surface area contributed by atoms with Gasteiger partial charge in [0.15, 0.2) is 0 Å². The fourth-order valence-corrected chi connectivity index (χ4v) is 2.46. The molecule has 1 aliphatic heterocycles. The number of ether oxygens (including phenoxy) is 2. The van der Waals surface area contributed by atoms with Gasteiger partial charge in [-0.05, 0) is 37.8 Å². The van der Waals surface area contributed by atoms with E-state index < -0.39 is 0 Å². The number of carbonyl (C=O) groups is 1. The fourth-order valence-electron chi connectivity index (χ4n) is 2.46. The molecule has 0 spiro atoms. The third kappa shape index (κ3) is 4.56. The zero-order valence-corrected chi connectivity index (χ0v) is 13.4. The lowest BCUT2D eigenvalue weighted by Gasteiger charge is -2.28. The number of methoxy groups -OCH3 is 1. The molecule has 2 rings (SSSR count). The minimum atomic E-state index is -0.254. The smallest absolute Gasteiger partial charge is 0.295 e. The summed E-state index contributed by atoms with van der Waals surface area (Å²) < 4.78 is 10.7. The van der Waals surface area contributed by atoms with Crippen LogP contribution in [0.2, 0.25) is 0 Å². The van der Waals surface area contributed by atoms with Gasteiger partial charge in [-0.25, -0.2) is 0 Å². The lowest BCUT2D eigenvalue weighted by atomic mass is 10.1. The molecule has 1 aliphatic rings. The average Bonchev–Trinajstić information content (AvgIpc) is 2.55. The number of likely N-dealkylation sites (tertiary alicyclic amines) is 1. The molecule has 1 aromatic carbocycles. The molecule has 1 aromatic rings. The maximum atomic E-state index is 12.4. The zero-order chi connectivity index (χ0) is 15.8. The second kappa shape index (κ2) is 8.54. The molecule has 0 unspecified atom stereocenters. The standard InChI is InChI=1S/C17H24N2O3/c1-14-8-4-5-9-15(14)16(20)18-17(22-13-12-21-2)19-10-6-3-7-11-19/h4-5,8-9H,3,6-7,10-13H2,1-2H3. The molecule has 1 fully saturated rings. The molecule has 1 amide bonds. The van der Waals surface area contributed by atoms with Crippen LogP contribution in [0.15, 0.2) is 29.3 Å². The van der Waals surface area contributed by atoms with Crippen LogP contribution in [0.1, 0.15) is 35.2 Å². The highest BCUT2D eigenvalue weighted by atomic mass is 16.5. The minimum absolute atomic E-state index is 0.254. The summed E-state index contributed by atoms with van der Waals surface area (Å²) in [5, 5.41) is 0. The topological polar surface area (TPSA) is 51.1 Å². The van der Waals surface area contributed by atoms with E-state index in [-0.39, 0.29) is 5.91 Å². The highest BCUT2D eigenvalue weighted by Crippen LogP contribution is 2.13. The predicted molar refractivity (Wildman–Crippen MR) is 86.2 cm³/mol. The van der Waals surface area contributed by atoms with Crippen LogP contribution in [0, 0.1) is 6.92 Å². The molecule has 5 heteroatoms. The molecule has 22 heavy (non-hydrogen) atoms. The first-order valence-corrected chi connectivity index (χ1v) is 7.77. The van der Waals surface area contributed by atoms with Gasteiger partial charge in [0, 0.05) is 25.8 Å². The van der Waals surface area contributed by atoms with Gasteiger partial charge in [0.2, 0.25) is 0 Å². The number of hydrogen-bond donors (Lipinski definition) is 0. The second-order valence-corrected chi connectivity index (χ2v) is 5.40. The summed E-state index contributed by atoms with van der Waals surface area (Å²) in [7, 11) is 1.62. The molecule has 5 nitrogen and oxygen atoms in total. The Kier molecular flexibility index (Phi) is 6.40. The summed E-state index contributed by atoms with van der Waals surface area (Å²) in [6.45, 7) is 4.55. The molecular formula is C17H24N2O3. The van der Waals surface area contributed by atoms with E-state index in [2.05, 4.69) is 9.89 Å². The highest BCUT2D eigenvalue weighted by Gasteiger charge is 2.18. The first-order chi connectivity index (χ1) is 10.7. The van der Waals surface area contributed by atoms with E-state index in [0.717, 1.165) is 31.5 Å². The van der Waals surface area contributed by atoms with Crippen LogP contribution in [-0.4, -0.2) is 50.2 Å². The first-order valence-electron chi connectivity index (χ1n) is 7.77. The van der Waals surface area contributed by atoms with Gasteiger partial charge in [-0.3, -0.25) is 4.79 Å². The molecule has 1 saturated heterocycles. The van der Waals surface area contributed by atoms with Crippen molar-refractivity contribution in [2.75, 3.05) is 33.4 Å². The number of piperidine rings is 1. The predicted octanol–water partition coefficient (Wildman–Crippen LogP) is 2.64. The van der Waals surface area contributed by atoms with Crippen molar-refractivity contribution >= 4 is 11.9 Å². The van der Waals surface area contributed by atoms with E-state index in [1.54, 1.807) is 13.2 Å². The van der Waals surface area contributed by atoms with Gasteiger partial charge in [-0.1, -0.05) is 18.2 Å². The molecule has 1 heterocycles. The lowest BCUT2D eigenvalue weighted by molar-refractivity contribution is 0.0977. The number of amidine groups is 1. The maximum absolute atomic E-state index is 12.4. The number of rotatable bonds is 4. The summed E-state index contributed by atoms with van der Waals surface area (Å²) in [6, 6.07) is 7.89. The van der Waals surface area contributed by atoms with E-state index in [9.17, 15) is 4.79 Å². The Morgan fingerprint density at radius 1 is 1.18 bits per heavy atom. The van der Waals surface area contributed by atoms with Crippen LogP contribution >= 0.6 is 0 Å². The van der Waals surface area contributed by atoms with Crippen molar-refractivity contribution in [3.63, 3.8) is 0 Å². The summed E-state index contributed by atoms with van der Waals surface area (Å²) in [5.41, 5.74) is 1.54. The van der Waals surface area contributed by atoms with Gasteiger partial charge in [-0.15, -0.1) is 0 Å². The monoisotopic (exact) mass is 304 g/mol. The molecule has 0 N–H and O–H groups in total. The fraction of sp³-hybridized carbons (Fsp3) is 0.529. The van der Waals surface area contributed by atoms with Crippen LogP contribution in [0.3, 0.4) is 0 Å². The summed E-state index contributed by atoms with van der Waals surface area (Å²) in [5.74, 6) is -0.254. The molecule has 0 radical (unpaired) electrons. The molecule has 0 aromatic heterocycles. The van der Waals surface area contributed by atoms with Crippen molar-refractivity contribution in [1.29, 1.82) is 0 Å². The van der Waals surface area contributed by atoms with Crippen LogP contribution in [0.4, 0.5) is 0 Å². The number of amides is 1. The molecule has 0 atom stereocenters. The van der Waals surface area contributed by atoms with E-state index in [1.165, 1.54) is 6.42 Å². The van der Waals surface area contributed by atoms with Crippen molar-refractivity contribution in [2.24, 2.45) is 4.99 Å². The molecule has 0 bridgehead atoms. The van der Waals surface area contributed by atoms with E-state index in [1.807, 2.05) is 25.1 Å². The Morgan fingerprint density at radius 3 is 2.59 bits per heavy atom. The minimum Gasteiger partial charge on any atom is -0.462 e. The highest BCUT2D eigenvalue weighted by molar-refractivity contribution is 6.02. The van der Waals surface area contributed by atoms with Crippen LogP contribution in [0.25, 0.3) is 0 Å². The van der Waals surface area contributed by atoms with Crippen molar-refractivity contribution in [1.82, 2.24) is 4.90 Å². The third-order valence-electron chi connectivity index (χ3n) is 3.72. The average molecular weight is 304 g/mol. The maximum Gasteiger partial charge on any atom is 0.295 e. The van der Waals surface area contributed by atoms with Crippen molar-refractivity contribution in [2.45, 2.75) is 26.2 Å². The Bertz CT molecular complexity index is 522. The molecule has 120 valence electrons. The van der Waals surface area contributed by atoms with Crippen LogP contribution < -0.4 is 0 Å². The van der Waals surface area contributed by atoms with E-state index in [4.69, 9.17) is 9.47 Å². The van der Waals surface area contributed by atoms with Gasteiger partial charge >= 0.3 is 0 Å². The Morgan fingerprint density at radius 2 is 1.91 bits per heavy atom. The van der Waals surface area contributed by atoms with Crippen molar-refractivity contribution in [3.05, 3.63) is 35.4 Å². The van der Waals surface area contributed by atoms with E-state index in [0.29, 0.717) is 24.8 Å². The quantitative estimate of drug-likeness (QED) is 0.487. The molecule has 0 saturated carbocycles. The summed E-state index contributed by atoms with van der Waals surface area (Å²) in [4.78, 5) is 18.7. The number of nitrogens with zero attached hydrogens (tertiary/aromatic N) is 2. The van der Waals surface area contributed by atoms with Crippen molar-refractivity contribution in [3.8, 4) is 0 Å². The number of carbonyl (C=O) groups excluding carboxylic acids is 1. The number of aryl methyl sites for hydroxylation is 1. The SMILES string of the molecule is COCCOC(=NC(=O)c1ccccc1C)N1CCCCC1. The van der Waals surface area contributed by atoms with Gasteiger partial charge in [0.05, 0.1) is 6.61 Å². The Balaban J connectivity index is 2.15. The normalized spacial score (nSPS) is 15.7. The second-order valence-electron chi connectivity index (χ2n) is 5.40. The summed E-state index contributed by atoms with van der Waals surface area (Å²) in [6.07, 6.45) is 3.42. The van der Waals surface area contributed by atoms with Gasteiger partial charge in [0.1, 0.15) is 6.61 Å². The summed E-state index contributed by atoms with van der Waals surface area (Å²) >= 11 is 0. The largest absolute Gasteiger partial charge is 0.462 e. The van der Waals surface area contributed by atoms with Gasteiger partial charge in [0.25, 0.3) is 11.9 Å². The zero-order valence-electron chi connectivity index (χ0n) is 13.4. The van der Waals surface area contributed by atoms with E-state index >= 15 is 0 Å². The molecule has 0 aliphatic carbocycles. The van der Waals surface area contributed by atoms with Gasteiger partial charge in [-0.2, -0.15) is 4.99 Å². The molecular weight excluding hydrogens is 280 g/mol. The van der Waals surface area contributed by atoms with Gasteiger partial charge < -0.3 is 14.4 Å². The number of aliphatic imine (C=N–C) groups is 1. The Hall–Kier alpha value is -1.88. The van der Waals surface area contributed by atoms with Crippen molar-refractivity contribution < 1.29 is 14.3 Å². The lowest BCUT2D eigenvalue weighted by Crippen LogP contribution is -2.38. The van der Waals surface area contributed by atoms with Crippen LogP contribution in [-0.2, 0) is 9.47 Å². The van der Waals surface area contributed by atoms with Crippen LogP contribution in [0.5, 0.6) is 0 Å². The number of hydrogen-bond acceptors (Lipinski definition) is 3. The number of benzene rings is 1. The third-order valence-corrected chi connectivity index (χ3v) is 3.72. The first kappa shape index (κ1) is 16.5. The Labute approximate surface area is 131 Å².